The summed E-state index contributed by atoms with van der Waals surface area (Å²) in [7, 11) is 0. The van der Waals surface area contributed by atoms with Crippen LogP contribution in [0.15, 0.2) is 39.8 Å². The molecule has 2 heterocycles. The number of hydrogen-bond acceptors (Lipinski definition) is 5. The van der Waals surface area contributed by atoms with E-state index in [1.165, 1.54) is 6.33 Å². The number of carbonyl (C=O) groups is 2. The van der Waals surface area contributed by atoms with Crippen molar-refractivity contribution < 1.29 is 14.0 Å². The molecule has 3 N–H and O–H groups in total. The molecule has 3 rings (SSSR count). The van der Waals surface area contributed by atoms with Crippen LogP contribution in [0.3, 0.4) is 0 Å². The second kappa shape index (κ2) is 8.08. The smallest absolute Gasteiger partial charge is 0.262 e. The molecule has 0 fully saturated rings. The largest absolute Gasteiger partial charge is 0.442 e. The van der Waals surface area contributed by atoms with Gasteiger partial charge in [-0.1, -0.05) is 26.0 Å². The van der Waals surface area contributed by atoms with Gasteiger partial charge in [0.05, 0.1) is 11.9 Å². The molecule has 0 saturated carbocycles. The van der Waals surface area contributed by atoms with Crippen molar-refractivity contribution in [3.05, 3.63) is 57.8 Å². The summed E-state index contributed by atoms with van der Waals surface area (Å²) in [6.45, 7) is 5.67. The van der Waals surface area contributed by atoms with Crippen molar-refractivity contribution in [1.29, 1.82) is 0 Å². The Bertz CT molecular complexity index is 1080. The fourth-order valence-electron chi connectivity index (χ4n) is 2.81. The maximum Gasteiger partial charge on any atom is 0.262 e. The number of benzene rings is 1. The average Bonchev–Trinajstić information content (AvgIpc) is 3.03. The van der Waals surface area contributed by atoms with Crippen LogP contribution in [0, 0.1) is 12.8 Å². The molecule has 0 saturated heterocycles. The number of furan rings is 1. The van der Waals surface area contributed by atoms with Gasteiger partial charge in [0.25, 0.3) is 11.5 Å². The van der Waals surface area contributed by atoms with Crippen molar-refractivity contribution in [2.24, 2.45) is 5.92 Å². The van der Waals surface area contributed by atoms with E-state index in [0.29, 0.717) is 11.4 Å². The minimum Gasteiger partial charge on any atom is -0.442 e. The molecule has 3 aromatic rings. The van der Waals surface area contributed by atoms with E-state index in [0.717, 1.165) is 12.0 Å². The number of H-pyrrole nitrogens is 1. The molecule has 0 aliphatic rings. The number of anilines is 1. The van der Waals surface area contributed by atoms with Gasteiger partial charge in [0.1, 0.15) is 11.1 Å². The molecular weight excluding hydrogens is 360 g/mol. The van der Waals surface area contributed by atoms with E-state index in [4.69, 9.17) is 4.42 Å². The maximum atomic E-state index is 12.6. The lowest BCUT2D eigenvalue weighted by atomic mass is 10.1. The van der Waals surface area contributed by atoms with E-state index in [2.05, 4.69) is 20.6 Å². The van der Waals surface area contributed by atoms with Crippen molar-refractivity contribution in [3.8, 4) is 0 Å². The van der Waals surface area contributed by atoms with Gasteiger partial charge in [-0.25, -0.2) is 4.98 Å². The molecule has 0 spiro atoms. The molecule has 28 heavy (non-hydrogen) atoms. The fourth-order valence-corrected chi connectivity index (χ4v) is 2.81. The normalized spacial score (nSPS) is 12.0. The molecule has 146 valence electrons. The van der Waals surface area contributed by atoms with Crippen LogP contribution in [-0.2, 0) is 11.3 Å². The highest BCUT2D eigenvalue weighted by atomic mass is 16.3. The Labute approximate surface area is 161 Å². The van der Waals surface area contributed by atoms with Crippen LogP contribution in [0.1, 0.15) is 41.9 Å². The molecule has 2 aromatic heterocycles. The lowest BCUT2D eigenvalue weighted by molar-refractivity contribution is -0.119. The molecule has 8 heteroatoms. The van der Waals surface area contributed by atoms with Crippen molar-refractivity contribution in [1.82, 2.24) is 15.3 Å². The topological polar surface area (TPSA) is 117 Å². The SMILES string of the molecule is CCC(C)C(=O)Nc1cccc(CNC(=O)c2c(C)oc3nc[nH]c(=O)c23)c1. The molecule has 0 aliphatic carbocycles. The van der Waals surface area contributed by atoms with Gasteiger partial charge in [-0.05, 0) is 31.0 Å². The van der Waals surface area contributed by atoms with Gasteiger partial charge in [-0.15, -0.1) is 0 Å². The highest BCUT2D eigenvalue weighted by Crippen LogP contribution is 2.20. The van der Waals surface area contributed by atoms with Gasteiger partial charge in [0.2, 0.25) is 11.6 Å². The lowest BCUT2D eigenvalue weighted by Gasteiger charge is -2.11. The number of carbonyl (C=O) groups excluding carboxylic acids is 2. The number of amides is 2. The Kier molecular flexibility index (Phi) is 5.58. The summed E-state index contributed by atoms with van der Waals surface area (Å²) in [5, 5.41) is 5.78. The Hall–Kier alpha value is -3.42. The summed E-state index contributed by atoms with van der Waals surface area (Å²) in [5.41, 5.74) is 1.35. The van der Waals surface area contributed by atoms with E-state index in [9.17, 15) is 14.4 Å². The molecule has 0 radical (unpaired) electrons. The Morgan fingerprint density at radius 2 is 2.11 bits per heavy atom. The quantitative estimate of drug-likeness (QED) is 0.606. The van der Waals surface area contributed by atoms with Gasteiger partial charge in [-0.3, -0.25) is 14.4 Å². The number of aromatic nitrogens is 2. The summed E-state index contributed by atoms with van der Waals surface area (Å²) in [6, 6.07) is 7.24. The van der Waals surface area contributed by atoms with Crippen LogP contribution in [0.5, 0.6) is 0 Å². The molecular formula is C20H22N4O4. The van der Waals surface area contributed by atoms with Crippen molar-refractivity contribution in [2.75, 3.05) is 5.32 Å². The van der Waals surface area contributed by atoms with Gasteiger partial charge in [0, 0.05) is 18.2 Å². The van der Waals surface area contributed by atoms with E-state index < -0.39 is 11.5 Å². The van der Waals surface area contributed by atoms with Crippen LogP contribution in [0.25, 0.3) is 11.1 Å². The number of nitrogens with one attached hydrogen (secondary N) is 3. The van der Waals surface area contributed by atoms with Gasteiger partial charge < -0.3 is 20.0 Å². The minimum absolute atomic E-state index is 0.0455. The van der Waals surface area contributed by atoms with E-state index in [1.807, 2.05) is 19.9 Å². The van der Waals surface area contributed by atoms with Crippen LogP contribution >= 0.6 is 0 Å². The number of hydrogen-bond donors (Lipinski definition) is 3. The van der Waals surface area contributed by atoms with Crippen LogP contribution < -0.4 is 16.2 Å². The second-order valence-corrected chi connectivity index (χ2v) is 6.63. The average molecular weight is 382 g/mol. The van der Waals surface area contributed by atoms with Gasteiger partial charge in [-0.2, -0.15) is 0 Å². The molecule has 1 atom stereocenters. The molecule has 1 aromatic carbocycles. The second-order valence-electron chi connectivity index (χ2n) is 6.63. The zero-order chi connectivity index (χ0) is 20.3. The fraction of sp³-hybridized carbons (Fsp3) is 0.300. The lowest BCUT2D eigenvalue weighted by Crippen LogP contribution is -2.25. The molecule has 0 aliphatic heterocycles. The highest BCUT2D eigenvalue weighted by molar-refractivity contribution is 6.06. The third-order valence-corrected chi connectivity index (χ3v) is 4.60. The number of fused-ring (bicyclic) bond motifs is 1. The van der Waals surface area contributed by atoms with Gasteiger partial charge in [0.15, 0.2) is 0 Å². The van der Waals surface area contributed by atoms with Crippen LogP contribution in [0.4, 0.5) is 5.69 Å². The first-order chi connectivity index (χ1) is 13.4. The third-order valence-electron chi connectivity index (χ3n) is 4.60. The Morgan fingerprint density at radius 3 is 2.86 bits per heavy atom. The predicted octanol–water partition coefficient (Wildman–Crippen LogP) is 2.74. The maximum absolute atomic E-state index is 12.6. The highest BCUT2D eigenvalue weighted by Gasteiger charge is 2.21. The zero-order valence-electron chi connectivity index (χ0n) is 16.0. The first kappa shape index (κ1) is 19.3. The first-order valence-corrected chi connectivity index (χ1v) is 9.05. The monoisotopic (exact) mass is 382 g/mol. The summed E-state index contributed by atoms with van der Waals surface area (Å²) < 4.78 is 5.41. The Morgan fingerprint density at radius 1 is 1.32 bits per heavy atom. The van der Waals surface area contributed by atoms with E-state index in [1.54, 1.807) is 25.1 Å². The molecule has 1 unspecified atom stereocenters. The standard InChI is InChI=1S/C20H22N4O4/c1-4-11(2)17(25)24-14-7-5-6-13(8-14)9-21-18(26)15-12(3)28-20-16(15)19(27)22-10-23-20/h5-8,10-11H,4,9H2,1-3H3,(H,21,26)(H,24,25)(H,22,23,27). The summed E-state index contributed by atoms with van der Waals surface area (Å²) >= 11 is 0. The minimum atomic E-state index is -0.429. The zero-order valence-corrected chi connectivity index (χ0v) is 16.0. The Balaban J connectivity index is 1.74. The van der Waals surface area contributed by atoms with Crippen LogP contribution in [-0.4, -0.2) is 21.8 Å². The number of nitrogens with zero attached hydrogens (tertiary/aromatic N) is 1. The molecule has 0 bridgehead atoms. The summed E-state index contributed by atoms with van der Waals surface area (Å²) in [5.74, 6) is -0.224. The third kappa shape index (κ3) is 3.95. The van der Waals surface area contributed by atoms with E-state index in [-0.39, 0.29) is 35.0 Å². The number of aryl methyl sites for hydroxylation is 1. The summed E-state index contributed by atoms with van der Waals surface area (Å²) in [6.07, 6.45) is 1.99. The van der Waals surface area contributed by atoms with Crippen molar-refractivity contribution in [2.45, 2.75) is 33.7 Å². The molecule has 8 nitrogen and oxygen atoms in total. The van der Waals surface area contributed by atoms with E-state index >= 15 is 0 Å². The van der Waals surface area contributed by atoms with Gasteiger partial charge >= 0.3 is 0 Å². The van der Waals surface area contributed by atoms with Crippen molar-refractivity contribution in [3.63, 3.8) is 0 Å². The van der Waals surface area contributed by atoms with Crippen molar-refractivity contribution >= 4 is 28.6 Å². The first-order valence-electron chi connectivity index (χ1n) is 9.05. The van der Waals surface area contributed by atoms with Crippen LogP contribution in [0.2, 0.25) is 0 Å². The summed E-state index contributed by atoms with van der Waals surface area (Å²) in [4.78, 5) is 43.1. The predicted molar refractivity (Wildman–Crippen MR) is 105 cm³/mol. The molecule has 2 amide bonds. The number of rotatable bonds is 6. The number of aromatic amines is 1.